The van der Waals surface area contributed by atoms with Crippen molar-refractivity contribution in [3.05, 3.63) is 56.9 Å². The lowest BCUT2D eigenvalue weighted by atomic mass is 10.2. The topological polar surface area (TPSA) is 141 Å². The largest absolute Gasteiger partial charge is 0.383 e. The van der Waals surface area contributed by atoms with E-state index < -0.39 is 11.2 Å². The molecule has 2 aromatic heterocycles. The number of H-pyrrole nitrogens is 2. The highest BCUT2D eigenvalue weighted by Crippen LogP contribution is 2.19. The van der Waals surface area contributed by atoms with Gasteiger partial charge in [0.25, 0.3) is 11.5 Å². The van der Waals surface area contributed by atoms with Crippen LogP contribution in [0.15, 0.2) is 39.9 Å². The highest BCUT2D eigenvalue weighted by molar-refractivity contribution is 5.98. The number of aromatic nitrogens is 3. The van der Waals surface area contributed by atoms with Crippen LogP contribution in [-0.4, -0.2) is 75.4 Å². The second-order valence-corrected chi connectivity index (χ2v) is 8.97. The van der Waals surface area contributed by atoms with Gasteiger partial charge in [0.1, 0.15) is 11.5 Å². The zero-order valence-corrected chi connectivity index (χ0v) is 20.7. The molecule has 0 unspecified atom stereocenters. The van der Waals surface area contributed by atoms with Crippen LogP contribution in [0, 0.1) is 0 Å². The Morgan fingerprint density at radius 1 is 1.06 bits per heavy atom. The van der Waals surface area contributed by atoms with Crippen LogP contribution in [0.3, 0.4) is 0 Å². The maximum Gasteiger partial charge on any atom is 0.330 e. The number of rotatable bonds is 8. The van der Waals surface area contributed by atoms with Crippen LogP contribution in [0.2, 0.25) is 0 Å². The molecule has 11 nitrogen and oxygen atoms in total. The number of unbranched alkanes of at least 4 members (excludes halogenated alkanes) is 1. The summed E-state index contributed by atoms with van der Waals surface area (Å²) in [6.07, 6.45) is 1.57. The summed E-state index contributed by atoms with van der Waals surface area (Å²) in [7, 11) is 0. The number of carbonyl (C=O) groups excluding carboxylic acids is 2. The molecule has 0 radical (unpaired) electrons. The van der Waals surface area contributed by atoms with Crippen molar-refractivity contribution in [1.82, 2.24) is 24.3 Å². The first-order chi connectivity index (χ1) is 17.3. The number of nitrogen functional groups attached to an aromatic ring is 1. The number of hydrogen-bond acceptors (Lipinski definition) is 6. The molecule has 0 saturated carbocycles. The molecule has 36 heavy (non-hydrogen) atoms. The summed E-state index contributed by atoms with van der Waals surface area (Å²) in [4.78, 5) is 61.5. The van der Waals surface area contributed by atoms with Gasteiger partial charge in [-0.1, -0.05) is 31.5 Å². The van der Waals surface area contributed by atoms with Crippen LogP contribution in [0.4, 0.5) is 11.5 Å². The number of nitrogens with one attached hydrogen (secondary N) is 2. The lowest BCUT2D eigenvalue weighted by Gasteiger charge is -2.35. The molecule has 2 amide bonds. The summed E-state index contributed by atoms with van der Waals surface area (Å²) in [5, 5.41) is 0.986. The van der Waals surface area contributed by atoms with Crippen LogP contribution in [0.25, 0.3) is 10.9 Å². The Balaban J connectivity index is 1.41. The Hall–Kier alpha value is -3.86. The van der Waals surface area contributed by atoms with Crippen molar-refractivity contribution in [3.8, 4) is 0 Å². The maximum absolute atomic E-state index is 13.2. The van der Waals surface area contributed by atoms with Crippen molar-refractivity contribution in [3.63, 3.8) is 0 Å². The zero-order valence-electron chi connectivity index (χ0n) is 20.7. The number of anilines is 2. The summed E-state index contributed by atoms with van der Waals surface area (Å²) in [6, 6.07) is 9.60. The Labute approximate surface area is 208 Å². The zero-order chi connectivity index (χ0) is 25.8. The molecule has 11 heteroatoms. The second-order valence-electron chi connectivity index (χ2n) is 8.97. The van der Waals surface area contributed by atoms with Gasteiger partial charge in [0, 0.05) is 50.2 Å². The monoisotopic (exact) mass is 495 g/mol. The fourth-order valence-electron chi connectivity index (χ4n) is 4.58. The van der Waals surface area contributed by atoms with Gasteiger partial charge in [-0.3, -0.25) is 28.8 Å². The lowest BCUT2D eigenvalue weighted by Crippen LogP contribution is -2.52. The number of amides is 2. The number of carbonyl (C=O) groups is 2. The molecule has 1 aliphatic heterocycles. The number of para-hydroxylation sites is 1. The van der Waals surface area contributed by atoms with Crippen LogP contribution in [0.1, 0.15) is 37.2 Å². The molecule has 4 rings (SSSR count). The maximum atomic E-state index is 13.2. The molecule has 1 saturated heterocycles. The Kier molecular flexibility index (Phi) is 7.58. The van der Waals surface area contributed by atoms with Gasteiger partial charge in [-0.05, 0) is 25.5 Å². The average molecular weight is 496 g/mol. The number of fused-ring (bicyclic) bond motifs is 1. The predicted molar refractivity (Wildman–Crippen MR) is 139 cm³/mol. The molecule has 1 fully saturated rings. The Morgan fingerprint density at radius 3 is 2.44 bits per heavy atom. The average Bonchev–Trinajstić information content (AvgIpc) is 3.30. The third kappa shape index (κ3) is 5.06. The molecule has 0 aliphatic carbocycles. The van der Waals surface area contributed by atoms with Gasteiger partial charge in [0.05, 0.1) is 6.54 Å². The molecule has 3 aromatic rings. The summed E-state index contributed by atoms with van der Waals surface area (Å²) in [6.45, 7) is 6.44. The van der Waals surface area contributed by atoms with Crippen molar-refractivity contribution in [2.75, 3.05) is 49.9 Å². The van der Waals surface area contributed by atoms with Crippen molar-refractivity contribution < 1.29 is 9.59 Å². The molecular weight excluding hydrogens is 462 g/mol. The fourth-order valence-corrected chi connectivity index (χ4v) is 4.58. The van der Waals surface area contributed by atoms with Crippen molar-refractivity contribution in [2.45, 2.75) is 33.2 Å². The minimum Gasteiger partial charge on any atom is -0.383 e. The van der Waals surface area contributed by atoms with E-state index in [9.17, 15) is 19.2 Å². The van der Waals surface area contributed by atoms with Gasteiger partial charge < -0.3 is 20.5 Å². The first kappa shape index (κ1) is 25.2. The highest BCUT2D eigenvalue weighted by atomic mass is 16.2. The summed E-state index contributed by atoms with van der Waals surface area (Å²) in [5.74, 6) is -0.354. The molecule has 0 spiro atoms. The van der Waals surface area contributed by atoms with Crippen LogP contribution < -0.4 is 21.9 Å². The van der Waals surface area contributed by atoms with E-state index in [4.69, 9.17) is 5.73 Å². The van der Waals surface area contributed by atoms with Crippen LogP contribution >= 0.6 is 0 Å². The first-order valence-electron chi connectivity index (χ1n) is 12.4. The molecule has 3 heterocycles. The molecular formula is C25H33N7O4. The molecule has 1 aromatic carbocycles. The van der Waals surface area contributed by atoms with Gasteiger partial charge in [0.15, 0.2) is 5.69 Å². The SMILES string of the molecule is CCCCn1c(N)c(N(CC)C(=O)CN2CCN(C(=O)c3cc4ccccc4[nH]3)CC2)c(=O)[nH]c1=O. The summed E-state index contributed by atoms with van der Waals surface area (Å²) in [5.41, 5.74) is 6.42. The van der Waals surface area contributed by atoms with Crippen molar-refractivity contribution in [1.29, 1.82) is 0 Å². The molecule has 0 bridgehead atoms. The lowest BCUT2D eigenvalue weighted by molar-refractivity contribution is -0.120. The van der Waals surface area contributed by atoms with E-state index in [-0.39, 0.29) is 36.4 Å². The van der Waals surface area contributed by atoms with Gasteiger partial charge in [-0.2, -0.15) is 0 Å². The smallest absolute Gasteiger partial charge is 0.330 e. The van der Waals surface area contributed by atoms with E-state index in [0.717, 1.165) is 23.7 Å². The van der Waals surface area contributed by atoms with E-state index in [2.05, 4.69) is 9.97 Å². The Morgan fingerprint density at radius 2 is 1.78 bits per heavy atom. The van der Waals surface area contributed by atoms with Crippen molar-refractivity contribution >= 4 is 34.2 Å². The molecule has 4 N–H and O–H groups in total. The van der Waals surface area contributed by atoms with E-state index >= 15 is 0 Å². The minimum atomic E-state index is -0.672. The minimum absolute atomic E-state index is 0.00107. The first-order valence-corrected chi connectivity index (χ1v) is 12.4. The third-order valence-corrected chi connectivity index (χ3v) is 6.62. The van der Waals surface area contributed by atoms with Crippen molar-refractivity contribution in [2.24, 2.45) is 0 Å². The second kappa shape index (κ2) is 10.8. The van der Waals surface area contributed by atoms with Gasteiger partial charge in [0.2, 0.25) is 5.91 Å². The number of hydrogen-bond donors (Lipinski definition) is 3. The number of nitrogens with two attached hydrogens (primary N) is 1. The molecule has 0 atom stereocenters. The van der Waals surface area contributed by atoms with E-state index in [1.54, 1.807) is 11.8 Å². The summed E-state index contributed by atoms with van der Waals surface area (Å²) >= 11 is 0. The number of nitrogens with zero attached hydrogens (tertiary/aromatic N) is 4. The van der Waals surface area contributed by atoms with E-state index in [1.165, 1.54) is 9.47 Å². The number of piperazine rings is 1. The summed E-state index contributed by atoms with van der Waals surface area (Å²) < 4.78 is 1.31. The van der Waals surface area contributed by atoms with E-state index in [1.807, 2.05) is 42.2 Å². The quantitative estimate of drug-likeness (QED) is 0.429. The van der Waals surface area contributed by atoms with Crippen LogP contribution in [0.5, 0.6) is 0 Å². The predicted octanol–water partition coefficient (Wildman–Crippen LogP) is 1.21. The van der Waals surface area contributed by atoms with Gasteiger partial charge in [-0.25, -0.2) is 4.79 Å². The third-order valence-electron chi connectivity index (χ3n) is 6.62. The fraction of sp³-hybridized carbons (Fsp3) is 0.440. The van der Waals surface area contributed by atoms with Crippen LogP contribution in [-0.2, 0) is 11.3 Å². The molecule has 1 aliphatic rings. The normalized spacial score (nSPS) is 14.3. The number of aromatic amines is 2. The van der Waals surface area contributed by atoms with Gasteiger partial charge >= 0.3 is 5.69 Å². The number of likely N-dealkylation sites (N-methyl/N-ethyl adjacent to an activating group) is 1. The number of benzene rings is 1. The highest BCUT2D eigenvalue weighted by Gasteiger charge is 2.28. The standard InChI is InChI=1S/C25H33N7O4/c1-3-5-10-32-22(26)21(23(34)28-25(32)36)31(4-2)20(33)16-29-11-13-30(14-12-29)24(35)19-15-17-8-6-7-9-18(17)27-19/h6-9,15,27H,3-5,10-14,16,26H2,1-2H3,(H,28,34,36). The molecule has 192 valence electrons. The van der Waals surface area contributed by atoms with E-state index in [0.29, 0.717) is 38.4 Å². The van der Waals surface area contributed by atoms with Gasteiger partial charge in [-0.15, -0.1) is 0 Å². The Bertz CT molecular complexity index is 1330.